The lowest BCUT2D eigenvalue weighted by Crippen LogP contribution is -2.03. The fraction of sp³-hybridized carbons (Fsp3) is 0.231. The number of hydrogen-bond donors (Lipinski definition) is 1. The number of aliphatic hydroxyl groups is 1. The van der Waals surface area contributed by atoms with E-state index in [1.165, 1.54) is 0 Å². The Bertz CT molecular complexity index is 543. The maximum Gasteiger partial charge on any atom is 0.426 e. The largest absolute Gasteiger partial charge is 0.426 e. The van der Waals surface area contributed by atoms with Gasteiger partial charge >= 0.3 is 6.18 Å². The van der Waals surface area contributed by atoms with Crippen molar-refractivity contribution in [2.24, 2.45) is 0 Å². The number of hydrogen-bond acceptors (Lipinski definition) is 2. The van der Waals surface area contributed by atoms with Gasteiger partial charge < -0.3 is 5.11 Å². The molecular formula is C13H11F3OS. The van der Waals surface area contributed by atoms with E-state index in [0.717, 1.165) is 0 Å². The summed E-state index contributed by atoms with van der Waals surface area (Å²) >= 11 is 0.613. The molecule has 1 heterocycles. The Labute approximate surface area is 107 Å². The number of alkyl halides is 3. The fourth-order valence-electron chi connectivity index (χ4n) is 1.86. The lowest BCUT2D eigenvalue weighted by atomic mass is 10.0. The van der Waals surface area contributed by atoms with Crippen molar-refractivity contribution in [3.63, 3.8) is 0 Å². The van der Waals surface area contributed by atoms with E-state index in [4.69, 9.17) is 5.11 Å². The van der Waals surface area contributed by atoms with Gasteiger partial charge in [-0.15, -0.1) is 11.3 Å². The van der Waals surface area contributed by atoms with Crippen LogP contribution in [-0.4, -0.2) is 5.11 Å². The lowest BCUT2D eigenvalue weighted by Gasteiger charge is -2.08. The molecule has 2 aromatic rings. The van der Waals surface area contributed by atoms with Crippen LogP contribution in [0.2, 0.25) is 0 Å². The normalized spacial score (nSPS) is 11.8. The van der Waals surface area contributed by atoms with E-state index in [1.54, 1.807) is 37.3 Å². The van der Waals surface area contributed by atoms with E-state index >= 15 is 0 Å². The van der Waals surface area contributed by atoms with Crippen LogP contribution in [0.25, 0.3) is 11.1 Å². The van der Waals surface area contributed by atoms with Gasteiger partial charge in [-0.1, -0.05) is 30.3 Å². The monoisotopic (exact) mass is 272 g/mol. The van der Waals surface area contributed by atoms with Crippen LogP contribution in [-0.2, 0) is 12.8 Å². The topological polar surface area (TPSA) is 20.2 Å². The van der Waals surface area contributed by atoms with E-state index in [0.29, 0.717) is 27.3 Å². The molecule has 0 aliphatic carbocycles. The van der Waals surface area contributed by atoms with Crippen LogP contribution in [0.4, 0.5) is 13.2 Å². The molecule has 0 amide bonds. The predicted octanol–water partition coefficient (Wildman–Crippen LogP) is 4.23. The number of benzene rings is 1. The van der Waals surface area contributed by atoms with Crippen molar-refractivity contribution in [1.29, 1.82) is 0 Å². The smallest absolute Gasteiger partial charge is 0.391 e. The Morgan fingerprint density at radius 3 is 2.28 bits per heavy atom. The fourth-order valence-corrected chi connectivity index (χ4v) is 2.92. The van der Waals surface area contributed by atoms with Crippen molar-refractivity contribution in [3.05, 3.63) is 45.6 Å². The molecule has 96 valence electrons. The Hall–Kier alpha value is -1.33. The van der Waals surface area contributed by atoms with Gasteiger partial charge in [-0.25, -0.2) is 0 Å². The van der Waals surface area contributed by atoms with Gasteiger partial charge in [-0.3, -0.25) is 0 Å². The van der Waals surface area contributed by atoms with Gasteiger partial charge in [0.15, 0.2) is 0 Å². The minimum absolute atomic E-state index is 0.178. The molecular weight excluding hydrogens is 261 g/mol. The summed E-state index contributed by atoms with van der Waals surface area (Å²) in [6.07, 6.45) is -4.39. The maximum atomic E-state index is 13.0. The van der Waals surface area contributed by atoms with Crippen molar-refractivity contribution in [1.82, 2.24) is 0 Å². The van der Waals surface area contributed by atoms with Crippen molar-refractivity contribution in [3.8, 4) is 11.1 Å². The van der Waals surface area contributed by atoms with Gasteiger partial charge in [0.25, 0.3) is 0 Å². The minimum atomic E-state index is -4.39. The highest BCUT2D eigenvalue weighted by atomic mass is 32.1. The van der Waals surface area contributed by atoms with Crippen molar-refractivity contribution >= 4 is 11.3 Å². The van der Waals surface area contributed by atoms with Crippen molar-refractivity contribution in [2.45, 2.75) is 19.7 Å². The summed E-state index contributed by atoms with van der Waals surface area (Å²) in [7, 11) is 0. The molecule has 0 saturated carbocycles. The summed E-state index contributed by atoms with van der Waals surface area (Å²) in [5.74, 6) is 0. The van der Waals surface area contributed by atoms with Gasteiger partial charge in [-0.05, 0) is 18.1 Å². The first-order valence-electron chi connectivity index (χ1n) is 5.31. The average molecular weight is 272 g/mol. The van der Waals surface area contributed by atoms with Gasteiger partial charge in [0.1, 0.15) is 4.88 Å². The van der Waals surface area contributed by atoms with E-state index in [2.05, 4.69) is 0 Å². The first-order valence-corrected chi connectivity index (χ1v) is 6.12. The highest BCUT2D eigenvalue weighted by Gasteiger charge is 2.37. The summed E-state index contributed by atoms with van der Waals surface area (Å²) in [5.41, 5.74) is 1.21. The predicted molar refractivity (Wildman–Crippen MR) is 65.4 cm³/mol. The van der Waals surface area contributed by atoms with Crippen LogP contribution in [0.5, 0.6) is 0 Å². The molecule has 0 spiro atoms. The Kier molecular flexibility index (Phi) is 3.45. The lowest BCUT2D eigenvalue weighted by molar-refractivity contribution is -0.133. The van der Waals surface area contributed by atoms with Crippen LogP contribution in [0.3, 0.4) is 0 Å². The second-order valence-corrected chi connectivity index (χ2v) is 4.98. The molecule has 1 aromatic carbocycles. The Balaban J connectivity index is 2.69. The van der Waals surface area contributed by atoms with Gasteiger partial charge in [0, 0.05) is 10.4 Å². The SMILES string of the molecule is Cc1c(CO)sc(C(F)(F)F)c1-c1ccccc1. The van der Waals surface area contributed by atoms with Crippen molar-refractivity contribution in [2.75, 3.05) is 0 Å². The van der Waals surface area contributed by atoms with Crippen LogP contribution in [0.15, 0.2) is 30.3 Å². The van der Waals surface area contributed by atoms with E-state index in [9.17, 15) is 13.2 Å². The number of aliphatic hydroxyl groups excluding tert-OH is 1. The Morgan fingerprint density at radius 2 is 1.78 bits per heavy atom. The molecule has 18 heavy (non-hydrogen) atoms. The second kappa shape index (κ2) is 4.74. The summed E-state index contributed by atoms with van der Waals surface area (Å²) in [4.78, 5) is -0.281. The zero-order valence-corrected chi connectivity index (χ0v) is 10.4. The third-order valence-corrected chi connectivity index (χ3v) is 4.03. The third-order valence-electron chi connectivity index (χ3n) is 2.71. The van der Waals surface area contributed by atoms with E-state index in [-0.39, 0.29) is 12.2 Å². The summed E-state index contributed by atoms with van der Waals surface area (Å²) in [6.45, 7) is 1.24. The molecule has 0 fully saturated rings. The highest BCUT2D eigenvalue weighted by molar-refractivity contribution is 7.12. The molecule has 1 nitrogen and oxygen atoms in total. The van der Waals surface area contributed by atoms with E-state index < -0.39 is 11.1 Å². The first kappa shape index (κ1) is 13.1. The van der Waals surface area contributed by atoms with E-state index in [1.807, 2.05) is 0 Å². The molecule has 0 aliphatic rings. The third kappa shape index (κ3) is 2.28. The Morgan fingerprint density at radius 1 is 1.17 bits per heavy atom. The van der Waals surface area contributed by atoms with Crippen LogP contribution < -0.4 is 0 Å². The summed E-state index contributed by atoms with van der Waals surface area (Å²) in [5, 5.41) is 9.11. The van der Waals surface area contributed by atoms with Crippen LogP contribution in [0, 0.1) is 6.92 Å². The molecule has 0 bridgehead atoms. The quantitative estimate of drug-likeness (QED) is 0.867. The second-order valence-electron chi connectivity index (χ2n) is 3.88. The van der Waals surface area contributed by atoms with Crippen LogP contribution in [0.1, 0.15) is 15.3 Å². The zero-order valence-electron chi connectivity index (χ0n) is 9.58. The summed E-state index contributed by atoms with van der Waals surface area (Å²) < 4.78 is 39.0. The zero-order chi connectivity index (χ0) is 13.3. The van der Waals surface area contributed by atoms with Gasteiger partial charge in [0.2, 0.25) is 0 Å². The van der Waals surface area contributed by atoms with Crippen molar-refractivity contribution < 1.29 is 18.3 Å². The first-order chi connectivity index (χ1) is 8.45. The molecule has 5 heteroatoms. The molecule has 0 atom stereocenters. The number of thiophene rings is 1. The van der Waals surface area contributed by atoms with Gasteiger partial charge in [-0.2, -0.15) is 13.2 Å². The molecule has 1 aromatic heterocycles. The molecule has 1 N–H and O–H groups in total. The molecule has 0 radical (unpaired) electrons. The molecule has 0 unspecified atom stereocenters. The molecule has 0 saturated heterocycles. The van der Waals surface area contributed by atoms with Crippen LogP contribution >= 0.6 is 11.3 Å². The minimum Gasteiger partial charge on any atom is -0.391 e. The number of rotatable bonds is 2. The maximum absolute atomic E-state index is 13.0. The number of halogens is 3. The van der Waals surface area contributed by atoms with Gasteiger partial charge in [0.05, 0.1) is 6.61 Å². The highest BCUT2D eigenvalue weighted by Crippen LogP contribution is 2.45. The summed E-state index contributed by atoms with van der Waals surface area (Å²) in [6, 6.07) is 8.44. The standard InChI is InChI=1S/C13H11F3OS/c1-8-10(7-17)18-12(13(14,15)16)11(8)9-5-3-2-4-6-9/h2-6,17H,7H2,1H3. The molecule has 0 aliphatic heterocycles. The molecule has 2 rings (SSSR count). The average Bonchev–Trinajstić information content (AvgIpc) is 2.67.